The SMILES string of the molecule is COc1ccccc1N1CCN(C(=O)c2cc(-c3ccco3)n(-c3cccc(Cl)c3)n2)CC1. The molecule has 1 aliphatic rings. The highest BCUT2D eigenvalue weighted by molar-refractivity contribution is 6.30. The van der Waals surface area contributed by atoms with E-state index in [1.54, 1.807) is 36.3 Å². The molecule has 7 nitrogen and oxygen atoms in total. The molecule has 0 atom stereocenters. The van der Waals surface area contributed by atoms with Gasteiger partial charge in [-0.1, -0.05) is 29.8 Å². The van der Waals surface area contributed by atoms with Crippen LogP contribution in [0.4, 0.5) is 5.69 Å². The lowest BCUT2D eigenvalue weighted by molar-refractivity contribution is 0.0740. The minimum atomic E-state index is -0.108. The number of nitrogens with zero attached hydrogens (tertiary/aromatic N) is 4. The fourth-order valence-electron chi connectivity index (χ4n) is 4.09. The Hall–Kier alpha value is -3.71. The molecule has 0 spiro atoms. The van der Waals surface area contributed by atoms with Gasteiger partial charge < -0.3 is 19.0 Å². The number of amides is 1. The largest absolute Gasteiger partial charge is 0.495 e. The standard InChI is InChI=1S/C25H23ClN4O3/c1-32-23-9-3-2-8-21(23)28-11-13-29(14-12-28)25(31)20-17-22(24-10-5-15-33-24)30(27-20)19-7-4-6-18(26)16-19/h2-10,15-17H,11-14H2,1H3. The highest BCUT2D eigenvalue weighted by Crippen LogP contribution is 2.29. The molecule has 3 heterocycles. The van der Waals surface area contributed by atoms with E-state index in [2.05, 4.69) is 10.00 Å². The van der Waals surface area contributed by atoms with Crippen LogP contribution in [-0.4, -0.2) is 53.9 Å². The minimum Gasteiger partial charge on any atom is -0.495 e. The van der Waals surface area contributed by atoms with Crippen molar-refractivity contribution in [3.8, 4) is 22.9 Å². The Balaban J connectivity index is 1.39. The zero-order chi connectivity index (χ0) is 22.8. The zero-order valence-corrected chi connectivity index (χ0v) is 18.9. The van der Waals surface area contributed by atoms with Gasteiger partial charge >= 0.3 is 0 Å². The van der Waals surface area contributed by atoms with Crippen molar-refractivity contribution in [3.63, 3.8) is 0 Å². The molecule has 0 N–H and O–H groups in total. The predicted octanol–water partition coefficient (Wildman–Crippen LogP) is 4.76. The highest BCUT2D eigenvalue weighted by Gasteiger charge is 2.27. The van der Waals surface area contributed by atoms with Crippen molar-refractivity contribution in [2.75, 3.05) is 38.2 Å². The van der Waals surface area contributed by atoms with E-state index in [9.17, 15) is 4.79 Å². The van der Waals surface area contributed by atoms with Gasteiger partial charge in [0.2, 0.25) is 0 Å². The third-order valence-corrected chi connectivity index (χ3v) is 5.98. The molecule has 0 unspecified atom stereocenters. The number of para-hydroxylation sites is 2. The van der Waals surface area contributed by atoms with Gasteiger partial charge in [0.05, 0.1) is 24.7 Å². The van der Waals surface area contributed by atoms with E-state index in [0.717, 1.165) is 17.1 Å². The van der Waals surface area contributed by atoms with Crippen LogP contribution < -0.4 is 9.64 Å². The fraction of sp³-hybridized carbons (Fsp3) is 0.200. The molecule has 0 saturated carbocycles. The van der Waals surface area contributed by atoms with Crippen molar-refractivity contribution in [1.82, 2.24) is 14.7 Å². The van der Waals surface area contributed by atoms with Gasteiger partial charge in [-0.3, -0.25) is 4.79 Å². The third-order valence-electron chi connectivity index (χ3n) is 5.75. The van der Waals surface area contributed by atoms with Crippen LogP contribution in [0.5, 0.6) is 5.75 Å². The van der Waals surface area contributed by atoms with Crippen LogP contribution in [0.2, 0.25) is 5.02 Å². The molecule has 4 aromatic rings. The van der Waals surface area contributed by atoms with Gasteiger partial charge in [-0.2, -0.15) is 5.10 Å². The first-order valence-electron chi connectivity index (χ1n) is 10.7. The van der Waals surface area contributed by atoms with Crippen molar-refractivity contribution < 1.29 is 13.9 Å². The number of ether oxygens (including phenoxy) is 1. The highest BCUT2D eigenvalue weighted by atomic mass is 35.5. The van der Waals surface area contributed by atoms with Crippen LogP contribution in [0.3, 0.4) is 0 Å². The van der Waals surface area contributed by atoms with Crippen LogP contribution in [-0.2, 0) is 0 Å². The predicted molar refractivity (Wildman–Crippen MR) is 127 cm³/mol. The lowest BCUT2D eigenvalue weighted by atomic mass is 10.2. The summed E-state index contributed by atoms with van der Waals surface area (Å²) in [5.74, 6) is 1.35. The molecule has 2 aromatic heterocycles. The van der Waals surface area contributed by atoms with Crippen molar-refractivity contribution in [3.05, 3.63) is 83.7 Å². The number of carbonyl (C=O) groups excluding carboxylic acids is 1. The van der Waals surface area contributed by atoms with E-state index in [1.165, 1.54) is 0 Å². The first-order valence-corrected chi connectivity index (χ1v) is 11.1. The zero-order valence-electron chi connectivity index (χ0n) is 18.1. The average molecular weight is 463 g/mol. The van der Waals surface area contributed by atoms with Crippen LogP contribution in [0.15, 0.2) is 77.4 Å². The monoisotopic (exact) mass is 462 g/mol. The van der Waals surface area contributed by atoms with E-state index in [4.69, 9.17) is 20.8 Å². The Kier molecular flexibility index (Phi) is 5.79. The molecule has 33 heavy (non-hydrogen) atoms. The van der Waals surface area contributed by atoms with Gasteiger partial charge in [0, 0.05) is 37.3 Å². The number of benzene rings is 2. The van der Waals surface area contributed by atoms with Gasteiger partial charge in [-0.25, -0.2) is 4.68 Å². The molecule has 1 aliphatic heterocycles. The summed E-state index contributed by atoms with van der Waals surface area (Å²) in [5, 5.41) is 5.22. The summed E-state index contributed by atoms with van der Waals surface area (Å²) in [5.41, 5.74) is 2.86. The second-order valence-corrected chi connectivity index (χ2v) is 8.17. The van der Waals surface area contributed by atoms with E-state index in [0.29, 0.717) is 48.3 Å². The summed E-state index contributed by atoms with van der Waals surface area (Å²) < 4.78 is 12.8. The lowest BCUT2D eigenvalue weighted by Gasteiger charge is -2.36. The molecule has 1 saturated heterocycles. The number of furan rings is 1. The Morgan fingerprint density at radius 1 is 1.00 bits per heavy atom. The van der Waals surface area contributed by atoms with Gasteiger partial charge in [-0.15, -0.1) is 0 Å². The number of aromatic nitrogens is 2. The maximum absolute atomic E-state index is 13.3. The molecule has 0 aliphatic carbocycles. The third kappa shape index (κ3) is 4.19. The first-order chi connectivity index (χ1) is 16.1. The van der Waals surface area contributed by atoms with Crippen LogP contribution in [0.25, 0.3) is 17.1 Å². The molecule has 0 bridgehead atoms. The summed E-state index contributed by atoms with van der Waals surface area (Å²) in [4.78, 5) is 17.4. The van der Waals surface area contributed by atoms with Crippen molar-refractivity contribution >= 4 is 23.2 Å². The molecule has 5 rings (SSSR count). The molecule has 1 fully saturated rings. The number of halogens is 1. The number of rotatable bonds is 5. The molecular formula is C25H23ClN4O3. The summed E-state index contributed by atoms with van der Waals surface area (Å²) in [6.45, 7) is 2.62. The van der Waals surface area contributed by atoms with Gasteiger partial charge in [0.1, 0.15) is 11.4 Å². The van der Waals surface area contributed by atoms with E-state index in [-0.39, 0.29) is 5.91 Å². The lowest BCUT2D eigenvalue weighted by Crippen LogP contribution is -2.49. The maximum Gasteiger partial charge on any atom is 0.274 e. The van der Waals surface area contributed by atoms with Gasteiger partial charge in [-0.05, 0) is 42.5 Å². The number of carbonyl (C=O) groups is 1. The maximum atomic E-state index is 13.3. The smallest absolute Gasteiger partial charge is 0.274 e. The van der Waals surface area contributed by atoms with Crippen molar-refractivity contribution in [1.29, 1.82) is 0 Å². The summed E-state index contributed by atoms with van der Waals surface area (Å²) in [6.07, 6.45) is 1.60. The molecule has 2 aromatic carbocycles. The average Bonchev–Trinajstić information content (AvgIpc) is 3.54. The first kappa shape index (κ1) is 21.2. The number of anilines is 1. The number of hydrogen-bond donors (Lipinski definition) is 0. The van der Waals surface area contributed by atoms with Crippen LogP contribution >= 0.6 is 11.6 Å². The Morgan fingerprint density at radius 3 is 2.55 bits per heavy atom. The molecular weight excluding hydrogens is 440 g/mol. The van der Waals surface area contributed by atoms with Gasteiger partial charge in [0.15, 0.2) is 11.5 Å². The minimum absolute atomic E-state index is 0.108. The van der Waals surface area contributed by atoms with E-state index in [1.807, 2.05) is 53.4 Å². The van der Waals surface area contributed by atoms with Crippen LogP contribution in [0.1, 0.15) is 10.5 Å². The Bertz CT molecular complexity index is 1260. The molecule has 168 valence electrons. The molecule has 1 amide bonds. The quantitative estimate of drug-likeness (QED) is 0.428. The van der Waals surface area contributed by atoms with Crippen molar-refractivity contribution in [2.24, 2.45) is 0 Å². The second-order valence-electron chi connectivity index (χ2n) is 7.73. The van der Waals surface area contributed by atoms with E-state index >= 15 is 0 Å². The number of hydrogen-bond acceptors (Lipinski definition) is 5. The normalized spacial score (nSPS) is 13.9. The number of piperazine rings is 1. The Morgan fingerprint density at radius 2 is 1.82 bits per heavy atom. The topological polar surface area (TPSA) is 63.7 Å². The molecule has 0 radical (unpaired) electrons. The van der Waals surface area contributed by atoms with E-state index < -0.39 is 0 Å². The number of methoxy groups -OCH3 is 1. The fourth-order valence-corrected chi connectivity index (χ4v) is 4.28. The summed E-state index contributed by atoms with van der Waals surface area (Å²) in [7, 11) is 1.67. The Labute approximate surface area is 196 Å². The molecule has 8 heteroatoms. The summed E-state index contributed by atoms with van der Waals surface area (Å²) >= 11 is 6.20. The van der Waals surface area contributed by atoms with Crippen LogP contribution in [0, 0.1) is 0 Å². The summed E-state index contributed by atoms with van der Waals surface area (Å²) in [6, 6.07) is 20.7. The van der Waals surface area contributed by atoms with Gasteiger partial charge in [0.25, 0.3) is 5.91 Å². The van der Waals surface area contributed by atoms with Crippen molar-refractivity contribution in [2.45, 2.75) is 0 Å². The second kappa shape index (κ2) is 9.03.